The molecule has 1 aromatic heterocycles. The Labute approximate surface area is 67.4 Å². The summed E-state index contributed by atoms with van der Waals surface area (Å²) in [4.78, 5) is 3.84. The molecule has 0 saturated carbocycles. The number of hydrogen-bond donors (Lipinski definition) is 0. The predicted octanol–water partition coefficient (Wildman–Crippen LogP) is 2.49. The number of hydrogen-bond acceptors (Lipinski definition) is 1. The lowest BCUT2D eigenvalue weighted by molar-refractivity contribution is 0.374. The molecule has 0 aliphatic carbocycles. The van der Waals surface area contributed by atoms with E-state index in [9.17, 15) is 4.39 Å². The summed E-state index contributed by atoms with van der Waals surface area (Å²) < 4.78 is 12.8. The van der Waals surface area contributed by atoms with Crippen molar-refractivity contribution in [2.45, 2.75) is 6.17 Å². The number of halogens is 2. The van der Waals surface area contributed by atoms with Crippen LogP contribution in [0.15, 0.2) is 24.4 Å². The number of alkyl halides is 2. The van der Waals surface area contributed by atoms with Gasteiger partial charge in [0.05, 0.1) is 5.69 Å². The molecule has 0 aliphatic rings. The van der Waals surface area contributed by atoms with Gasteiger partial charge in [-0.15, -0.1) is 0 Å². The molecule has 0 spiro atoms. The third kappa shape index (κ3) is 1.77. The van der Waals surface area contributed by atoms with E-state index in [-0.39, 0.29) is 0 Å². The molecular weight excluding hydrogens is 197 g/mol. The Kier molecular flexibility index (Phi) is 2.81. The fourth-order valence-electron chi connectivity index (χ4n) is 0.640. The molecule has 54 valence electrons. The van der Waals surface area contributed by atoms with Crippen LogP contribution in [0.2, 0.25) is 0 Å². The van der Waals surface area contributed by atoms with Gasteiger partial charge in [0.1, 0.15) is 0 Å². The summed E-state index contributed by atoms with van der Waals surface area (Å²) in [5, 5.41) is 0.310. The largest absolute Gasteiger partial charge is 0.258 e. The molecule has 0 unspecified atom stereocenters. The van der Waals surface area contributed by atoms with Gasteiger partial charge >= 0.3 is 0 Å². The summed E-state index contributed by atoms with van der Waals surface area (Å²) in [7, 11) is 0. The summed E-state index contributed by atoms with van der Waals surface area (Å²) >= 11 is 3.04. The van der Waals surface area contributed by atoms with Gasteiger partial charge in [-0.2, -0.15) is 0 Å². The van der Waals surface area contributed by atoms with E-state index < -0.39 is 6.17 Å². The van der Waals surface area contributed by atoms with Crippen molar-refractivity contribution < 1.29 is 4.39 Å². The molecule has 3 heteroatoms. The molecule has 0 amide bonds. The van der Waals surface area contributed by atoms with Crippen LogP contribution in [0, 0.1) is 0 Å². The Balaban J connectivity index is 2.75. The lowest BCUT2D eigenvalue weighted by atomic mass is 10.3. The second-order valence-electron chi connectivity index (χ2n) is 1.88. The maximum atomic E-state index is 12.8. The Bertz CT molecular complexity index is 190. The topological polar surface area (TPSA) is 12.9 Å². The van der Waals surface area contributed by atoms with E-state index in [0.717, 1.165) is 0 Å². The second-order valence-corrected chi connectivity index (χ2v) is 2.52. The first-order valence-electron chi connectivity index (χ1n) is 2.95. The Hall–Kier alpha value is -0.440. The third-order valence-electron chi connectivity index (χ3n) is 1.14. The quantitative estimate of drug-likeness (QED) is 0.674. The van der Waals surface area contributed by atoms with E-state index in [1.807, 2.05) is 0 Å². The van der Waals surface area contributed by atoms with Gasteiger partial charge < -0.3 is 0 Å². The molecule has 0 aromatic carbocycles. The fraction of sp³-hybridized carbons (Fsp3) is 0.286. The molecule has 10 heavy (non-hydrogen) atoms. The van der Waals surface area contributed by atoms with Crippen molar-refractivity contribution in [3.8, 4) is 0 Å². The van der Waals surface area contributed by atoms with Crippen LogP contribution in [0.4, 0.5) is 4.39 Å². The van der Waals surface area contributed by atoms with E-state index in [2.05, 4.69) is 20.9 Å². The lowest BCUT2D eigenvalue weighted by Crippen LogP contribution is -1.94. The van der Waals surface area contributed by atoms with Gasteiger partial charge in [0.2, 0.25) is 0 Å². The van der Waals surface area contributed by atoms with Crippen LogP contribution >= 0.6 is 15.9 Å². The molecule has 1 atom stereocenters. The Morgan fingerprint density at radius 3 is 2.90 bits per heavy atom. The minimum absolute atomic E-state index is 0.310. The highest BCUT2D eigenvalue weighted by atomic mass is 79.9. The average molecular weight is 204 g/mol. The molecule has 0 aliphatic heterocycles. The van der Waals surface area contributed by atoms with Crippen molar-refractivity contribution in [3.63, 3.8) is 0 Å². The zero-order valence-corrected chi connectivity index (χ0v) is 6.88. The monoisotopic (exact) mass is 203 g/mol. The summed E-state index contributed by atoms with van der Waals surface area (Å²) in [6.07, 6.45) is 0.603. The molecular formula is C7H7BrFN. The second kappa shape index (κ2) is 3.66. The van der Waals surface area contributed by atoms with Crippen LogP contribution in [0.5, 0.6) is 0 Å². The van der Waals surface area contributed by atoms with E-state index in [1.165, 1.54) is 0 Å². The van der Waals surface area contributed by atoms with Crippen LogP contribution in [0.1, 0.15) is 11.9 Å². The van der Waals surface area contributed by atoms with Crippen molar-refractivity contribution in [2.24, 2.45) is 0 Å². The number of pyridine rings is 1. The molecule has 0 fully saturated rings. The first-order chi connectivity index (χ1) is 4.84. The number of rotatable bonds is 2. The number of aromatic nitrogens is 1. The maximum Gasteiger partial charge on any atom is 0.151 e. The van der Waals surface area contributed by atoms with E-state index in [0.29, 0.717) is 11.0 Å². The van der Waals surface area contributed by atoms with Crippen LogP contribution < -0.4 is 0 Å². The molecule has 1 nitrogen and oxygen atoms in total. The standard InChI is InChI=1S/C7H7BrFN/c8-5-6(9)7-3-1-2-4-10-7/h1-4,6H,5H2/t6-/m0/s1. The van der Waals surface area contributed by atoms with Crippen molar-refractivity contribution >= 4 is 15.9 Å². The third-order valence-corrected chi connectivity index (χ3v) is 1.71. The highest BCUT2D eigenvalue weighted by Crippen LogP contribution is 2.15. The smallest absolute Gasteiger partial charge is 0.151 e. The normalized spacial score (nSPS) is 13.0. The number of nitrogens with zero attached hydrogens (tertiary/aromatic N) is 1. The summed E-state index contributed by atoms with van der Waals surface area (Å²) in [5.74, 6) is 0. The Morgan fingerprint density at radius 1 is 1.60 bits per heavy atom. The zero-order valence-electron chi connectivity index (χ0n) is 5.30. The van der Waals surface area contributed by atoms with Gasteiger partial charge in [-0.25, -0.2) is 4.39 Å². The average Bonchev–Trinajstić information content (AvgIpc) is 2.05. The molecule has 0 N–H and O–H groups in total. The molecule has 0 radical (unpaired) electrons. The minimum atomic E-state index is -0.985. The van der Waals surface area contributed by atoms with Crippen LogP contribution in [-0.4, -0.2) is 10.3 Å². The molecule has 0 saturated heterocycles. The lowest BCUT2D eigenvalue weighted by Gasteiger charge is -2.00. The van der Waals surface area contributed by atoms with E-state index in [4.69, 9.17) is 0 Å². The molecule has 1 rings (SSSR count). The Morgan fingerprint density at radius 2 is 2.40 bits per heavy atom. The summed E-state index contributed by atoms with van der Waals surface area (Å²) in [6.45, 7) is 0. The van der Waals surface area contributed by atoms with Crippen molar-refractivity contribution in [1.82, 2.24) is 4.98 Å². The fourth-order valence-corrected chi connectivity index (χ4v) is 0.972. The predicted molar refractivity (Wildman–Crippen MR) is 41.9 cm³/mol. The van der Waals surface area contributed by atoms with Crippen LogP contribution in [-0.2, 0) is 0 Å². The van der Waals surface area contributed by atoms with Crippen LogP contribution in [0.3, 0.4) is 0 Å². The summed E-state index contributed by atoms with van der Waals surface area (Å²) in [5.41, 5.74) is 0.486. The minimum Gasteiger partial charge on any atom is -0.258 e. The van der Waals surface area contributed by atoms with Crippen molar-refractivity contribution in [2.75, 3.05) is 5.33 Å². The first kappa shape index (κ1) is 7.66. The van der Waals surface area contributed by atoms with E-state index >= 15 is 0 Å². The highest BCUT2D eigenvalue weighted by Gasteiger charge is 2.06. The van der Waals surface area contributed by atoms with Gasteiger partial charge in [-0.05, 0) is 12.1 Å². The van der Waals surface area contributed by atoms with Crippen molar-refractivity contribution in [1.29, 1.82) is 0 Å². The van der Waals surface area contributed by atoms with E-state index in [1.54, 1.807) is 24.4 Å². The molecule has 0 bridgehead atoms. The SMILES string of the molecule is F[C@@H](CBr)c1ccccn1. The molecule has 1 heterocycles. The summed E-state index contributed by atoms with van der Waals surface area (Å²) in [6, 6.07) is 5.22. The van der Waals surface area contributed by atoms with Gasteiger partial charge in [-0.1, -0.05) is 22.0 Å². The van der Waals surface area contributed by atoms with Crippen LogP contribution in [0.25, 0.3) is 0 Å². The van der Waals surface area contributed by atoms with Gasteiger partial charge in [0.25, 0.3) is 0 Å². The zero-order chi connectivity index (χ0) is 7.40. The van der Waals surface area contributed by atoms with Gasteiger partial charge in [0, 0.05) is 11.5 Å². The van der Waals surface area contributed by atoms with Gasteiger partial charge in [-0.3, -0.25) is 4.98 Å². The molecule has 1 aromatic rings. The van der Waals surface area contributed by atoms with Gasteiger partial charge in [0.15, 0.2) is 6.17 Å². The maximum absolute atomic E-state index is 12.8. The van der Waals surface area contributed by atoms with Crippen molar-refractivity contribution in [3.05, 3.63) is 30.1 Å². The highest BCUT2D eigenvalue weighted by molar-refractivity contribution is 9.09. The first-order valence-corrected chi connectivity index (χ1v) is 4.07.